The Labute approximate surface area is 161 Å². The van der Waals surface area contributed by atoms with Gasteiger partial charge < -0.3 is 25.8 Å². The lowest BCUT2D eigenvalue weighted by Crippen LogP contribution is -2.41. The first-order chi connectivity index (χ1) is 13.0. The van der Waals surface area contributed by atoms with Crippen molar-refractivity contribution in [2.75, 3.05) is 40.4 Å². The van der Waals surface area contributed by atoms with Gasteiger partial charge in [0.15, 0.2) is 0 Å². The zero-order valence-corrected chi connectivity index (χ0v) is 16.8. The lowest BCUT2D eigenvalue weighted by atomic mass is 10.1. The Morgan fingerprint density at radius 1 is 1.19 bits per heavy atom. The molecule has 3 N–H and O–H groups in total. The summed E-state index contributed by atoms with van der Waals surface area (Å²) in [6.07, 6.45) is 1.30. The minimum Gasteiger partial charge on any atom is -0.373 e. The molecule has 2 amide bonds. The van der Waals surface area contributed by atoms with Crippen molar-refractivity contribution in [1.82, 2.24) is 25.8 Å². The SMILES string of the molecule is CCC(=O)N(CCc1ccc(C)cc1)CCN1CNC(NC)=C1C(=O)NC. The van der Waals surface area contributed by atoms with Gasteiger partial charge in [0, 0.05) is 40.2 Å². The molecule has 0 spiro atoms. The van der Waals surface area contributed by atoms with E-state index in [-0.39, 0.29) is 11.8 Å². The molecule has 27 heavy (non-hydrogen) atoms. The molecule has 148 valence electrons. The molecule has 1 heterocycles. The van der Waals surface area contributed by atoms with E-state index in [1.54, 1.807) is 14.1 Å². The van der Waals surface area contributed by atoms with Crippen molar-refractivity contribution in [2.24, 2.45) is 0 Å². The van der Waals surface area contributed by atoms with Gasteiger partial charge in [0.1, 0.15) is 11.5 Å². The van der Waals surface area contributed by atoms with E-state index in [0.717, 1.165) is 6.42 Å². The number of carbonyl (C=O) groups excluding carboxylic acids is 2. The van der Waals surface area contributed by atoms with Crippen LogP contribution < -0.4 is 16.0 Å². The van der Waals surface area contributed by atoms with Crippen LogP contribution in [-0.4, -0.2) is 62.0 Å². The molecule has 2 rings (SSSR count). The normalized spacial score (nSPS) is 13.4. The maximum atomic E-state index is 12.4. The van der Waals surface area contributed by atoms with Gasteiger partial charge in [0.05, 0.1) is 6.67 Å². The highest BCUT2D eigenvalue weighted by molar-refractivity contribution is 5.93. The van der Waals surface area contributed by atoms with Gasteiger partial charge in [-0.15, -0.1) is 0 Å². The monoisotopic (exact) mass is 373 g/mol. The molecule has 1 aliphatic rings. The summed E-state index contributed by atoms with van der Waals surface area (Å²) in [5.74, 6) is 0.702. The summed E-state index contributed by atoms with van der Waals surface area (Å²) >= 11 is 0. The number of likely N-dealkylation sites (N-methyl/N-ethyl adjacent to an activating group) is 1. The average molecular weight is 374 g/mol. The summed E-state index contributed by atoms with van der Waals surface area (Å²) in [5, 5.41) is 8.87. The lowest BCUT2D eigenvalue weighted by Gasteiger charge is -2.27. The van der Waals surface area contributed by atoms with Crippen molar-refractivity contribution in [1.29, 1.82) is 0 Å². The van der Waals surface area contributed by atoms with Crippen molar-refractivity contribution < 1.29 is 9.59 Å². The molecule has 1 aliphatic heterocycles. The summed E-state index contributed by atoms with van der Waals surface area (Å²) in [6, 6.07) is 8.41. The van der Waals surface area contributed by atoms with Gasteiger partial charge in [0.25, 0.3) is 5.91 Å². The van der Waals surface area contributed by atoms with E-state index in [1.807, 2.05) is 16.7 Å². The van der Waals surface area contributed by atoms with E-state index >= 15 is 0 Å². The topological polar surface area (TPSA) is 76.7 Å². The lowest BCUT2D eigenvalue weighted by molar-refractivity contribution is -0.131. The van der Waals surface area contributed by atoms with Crippen LogP contribution in [0.25, 0.3) is 0 Å². The van der Waals surface area contributed by atoms with Crippen LogP contribution in [0.15, 0.2) is 35.8 Å². The second-order valence-corrected chi connectivity index (χ2v) is 6.62. The Kier molecular flexibility index (Phi) is 7.52. The second kappa shape index (κ2) is 9.85. The van der Waals surface area contributed by atoms with E-state index in [9.17, 15) is 9.59 Å². The molecule has 7 heteroatoms. The standard InChI is InChI=1S/C20H31N5O2/c1-5-17(26)24(11-10-16-8-6-15(2)7-9-16)12-13-25-14-23-19(21-3)18(25)20(27)22-4/h6-9,21,23H,5,10-14H2,1-4H3,(H,22,27). The Balaban J connectivity index is 1.99. The molecule has 0 radical (unpaired) electrons. The van der Waals surface area contributed by atoms with Crippen molar-refractivity contribution in [3.05, 3.63) is 46.9 Å². The fourth-order valence-electron chi connectivity index (χ4n) is 3.11. The molecule has 0 fully saturated rings. The van der Waals surface area contributed by atoms with Crippen molar-refractivity contribution in [3.8, 4) is 0 Å². The zero-order valence-electron chi connectivity index (χ0n) is 16.8. The molecule has 0 bridgehead atoms. The van der Waals surface area contributed by atoms with Crippen LogP contribution in [0.2, 0.25) is 0 Å². The van der Waals surface area contributed by atoms with Crippen LogP contribution in [-0.2, 0) is 16.0 Å². The van der Waals surface area contributed by atoms with Gasteiger partial charge in [-0.05, 0) is 18.9 Å². The van der Waals surface area contributed by atoms with Crippen LogP contribution in [0.4, 0.5) is 0 Å². The maximum absolute atomic E-state index is 12.4. The summed E-state index contributed by atoms with van der Waals surface area (Å²) < 4.78 is 0. The number of hydrogen-bond acceptors (Lipinski definition) is 5. The van der Waals surface area contributed by atoms with Crippen molar-refractivity contribution >= 4 is 11.8 Å². The Hall–Kier alpha value is -2.70. The largest absolute Gasteiger partial charge is 0.373 e. The van der Waals surface area contributed by atoms with Gasteiger partial charge in [-0.25, -0.2) is 0 Å². The number of amides is 2. The molecular weight excluding hydrogens is 342 g/mol. The number of carbonyl (C=O) groups is 2. The molecule has 1 aromatic carbocycles. The van der Waals surface area contributed by atoms with E-state index in [2.05, 4.69) is 47.1 Å². The van der Waals surface area contributed by atoms with Gasteiger partial charge in [-0.3, -0.25) is 9.59 Å². The summed E-state index contributed by atoms with van der Waals surface area (Å²) in [7, 11) is 3.40. The number of hydrogen-bond donors (Lipinski definition) is 3. The van der Waals surface area contributed by atoms with E-state index in [4.69, 9.17) is 0 Å². The van der Waals surface area contributed by atoms with Gasteiger partial charge in [-0.2, -0.15) is 0 Å². The quantitative estimate of drug-likeness (QED) is 0.596. The molecule has 0 unspecified atom stereocenters. The van der Waals surface area contributed by atoms with Crippen LogP contribution in [0.3, 0.4) is 0 Å². The predicted octanol–water partition coefficient (Wildman–Crippen LogP) is 0.773. The molecule has 1 aromatic rings. The Morgan fingerprint density at radius 3 is 2.48 bits per heavy atom. The third kappa shape index (κ3) is 5.39. The zero-order chi connectivity index (χ0) is 19.8. The molecule has 0 aromatic heterocycles. The summed E-state index contributed by atoms with van der Waals surface area (Å²) in [4.78, 5) is 28.4. The van der Waals surface area contributed by atoms with Crippen molar-refractivity contribution in [3.63, 3.8) is 0 Å². The third-order valence-corrected chi connectivity index (χ3v) is 4.78. The minimum atomic E-state index is -0.141. The smallest absolute Gasteiger partial charge is 0.271 e. The Bertz CT molecular complexity index is 684. The van der Waals surface area contributed by atoms with Crippen LogP contribution in [0.5, 0.6) is 0 Å². The molecule has 0 atom stereocenters. The predicted molar refractivity (Wildman–Crippen MR) is 107 cm³/mol. The summed E-state index contributed by atoms with van der Waals surface area (Å²) in [5.41, 5.74) is 3.04. The molecule has 7 nitrogen and oxygen atoms in total. The van der Waals surface area contributed by atoms with Crippen LogP contribution in [0, 0.1) is 6.92 Å². The van der Waals surface area contributed by atoms with E-state index in [0.29, 0.717) is 44.2 Å². The molecule has 0 saturated heterocycles. The third-order valence-electron chi connectivity index (χ3n) is 4.78. The van der Waals surface area contributed by atoms with Gasteiger partial charge in [-0.1, -0.05) is 36.8 Å². The van der Waals surface area contributed by atoms with Crippen molar-refractivity contribution in [2.45, 2.75) is 26.7 Å². The average Bonchev–Trinajstić information content (AvgIpc) is 3.11. The number of nitrogens with one attached hydrogen (secondary N) is 3. The molecule has 0 aliphatic carbocycles. The van der Waals surface area contributed by atoms with Crippen LogP contribution >= 0.6 is 0 Å². The van der Waals surface area contributed by atoms with E-state index in [1.165, 1.54) is 11.1 Å². The highest BCUT2D eigenvalue weighted by Crippen LogP contribution is 2.14. The van der Waals surface area contributed by atoms with Gasteiger partial charge >= 0.3 is 0 Å². The second-order valence-electron chi connectivity index (χ2n) is 6.62. The fraction of sp³-hybridized carbons (Fsp3) is 0.500. The first-order valence-electron chi connectivity index (χ1n) is 9.46. The number of benzene rings is 1. The Morgan fingerprint density at radius 2 is 1.89 bits per heavy atom. The minimum absolute atomic E-state index is 0.133. The molecule has 0 saturated carbocycles. The number of rotatable bonds is 9. The van der Waals surface area contributed by atoms with Gasteiger partial charge in [0.2, 0.25) is 5.91 Å². The van der Waals surface area contributed by atoms with E-state index < -0.39 is 0 Å². The number of aryl methyl sites for hydroxylation is 1. The number of nitrogens with zero attached hydrogens (tertiary/aromatic N) is 2. The summed E-state index contributed by atoms with van der Waals surface area (Å²) in [6.45, 7) is 6.35. The first kappa shape index (κ1) is 20.6. The fourth-order valence-corrected chi connectivity index (χ4v) is 3.11. The maximum Gasteiger partial charge on any atom is 0.271 e. The highest BCUT2D eigenvalue weighted by Gasteiger charge is 2.27. The first-order valence-corrected chi connectivity index (χ1v) is 9.46. The highest BCUT2D eigenvalue weighted by atomic mass is 16.2. The van der Waals surface area contributed by atoms with Crippen LogP contribution in [0.1, 0.15) is 24.5 Å². The molecular formula is C20H31N5O2.